The SMILES string of the molecule is O=C(NC1CCCC1)C1=C[C@@H](c2ccc(Cl)cc2)C[C@@H](OCc2ccc(CO)cc2)O1. The Morgan fingerprint density at radius 2 is 1.74 bits per heavy atom. The fourth-order valence-corrected chi connectivity index (χ4v) is 4.24. The van der Waals surface area contributed by atoms with Crippen molar-refractivity contribution in [3.8, 4) is 0 Å². The van der Waals surface area contributed by atoms with Crippen molar-refractivity contribution >= 4 is 17.5 Å². The average molecular weight is 442 g/mol. The van der Waals surface area contributed by atoms with E-state index in [9.17, 15) is 9.90 Å². The largest absolute Gasteiger partial charge is 0.459 e. The number of nitrogens with one attached hydrogen (secondary N) is 1. The molecule has 1 heterocycles. The molecule has 2 aliphatic rings. The molecule has 1 aliphatic heterocycles. The van der Waals surface area contributed by atoms with E-state index in [2.05, 4.69) is 5.32 Å². The second-order valence-electron chi connectivity index (χ2n) is 8.21. The number of hydrogen-bond acceptors (Lipinski definition) is 4. The summed E-state index contributed by atoms with van der Waals surface area (Å²) >= 11 is 6.05. The standard InChI is InChI=1S/C25H28ClNO4/c26-21-11-9-19(10-12-21)20-13-23(25(29)27-22-3-1-2-4-22)31-24(14-20)30-16-18-7-5-17(15-28)6-8-18/h5-13,20,22,24,28H,1-4,14-16H2,(H,27,29)/t20-,24+/m1/s1. The summed E-state index contributed by atoms with van der Waals surface area (Å²) in [5.74, 6) is 0.141. The van der Waals surface area contributed by atoms with Crippen LogP contribution in [0.25, 0.3) is 0 Å². The fourth-order valence-electron chi connectivity index (χ4n) is 4.12. The van der Waals surface area contributed by atoms with Crippen LogP contribution in [0.2, 0.25) is 5.02 Å². The lowest BCUT2D eigenvalue weighted by atomic mass is 9.93. The van der Waals surface area contributed by atoms with E-state index in [4.69, 9.17) is 21.1 Å². The highest BCUT2D eigenvalue weighted by atomic mass is 35.5. The van der Waals surface area contributed by atoms with E-state index in [-0.39, 0.29) is 24.5 Å². The average Bonchev–Trinajstić information content (AvgIpc) is 3.31. The molecule has 1 aliphatic carbocycles. The molecule has 0 saturated heterocycles. The van der Waals surface area contributed by atoms with Gasteiger partial charge in [0.1, 0.15) is 0 Å². The Morgan fingerprint density at radius 3 is 2.42 bits per heavy atom. The number of halogens is 1. The van der Waals surface area contributed by atoms with Crippen molar-refractivity contribution in [3.63, 3.8) is 0 Å². The fraction of sp³-hybridized carbons (Fsp3) is 0.400. The molecule has 0 radical (unpaired) electrons. The van der Waals surface area contributed by atoms with Gasteiger partial charge in [0.15, 0.2) is 5.76 Å². The molecule has 0 aromatic heterocycles. The minimum Gasteiger partial charge on any atom is -0.459 e. The summed E-state index contributed by atoms with van der Waals surface area (Å²) in [6.45, 7) is 0.376. The van der Waals surface area contributed by atoms with Crippen LogP contribution in [-0.2, 0) is 27.5 Å². The van der Waals surface area contributed by atoms with Crippen LogP contribution in [0, 0.1) is 0 Å². The number of aliphatic hydroxyl groups excluding tert-OH is 1. The summed E-state index contributed by atoms with van der Waals surface area (Å²) in [7, 11) is 0. The first kappa shape index (κ1) is 21.9. The molecule has 6 heteroatoms. The summed E-state index contributed by atoms with van der Waals surface area (Å²) in [6.07, 6.45) is 6.30. The van der Waals surface area contributed by atoms with Crippen molar-refractivity contribution in [2.24, 2.45) is 0 Å². The molecule has 31 heavy (non-hydrogen) atoms. The second kappa shape index (κ2) is 10.3. The number of aliphatic hydroxyl groups is 1. The molecule has 1 amide bonds. The molecule has 0 bridgehead atoms. The summed E-state index contributed by atoms with van der Waals surface area (Å²) in [5, 5.41) is 13.0. The number of hydrogen-bond donors (Lipinski definition) is 2. The van der Waals surface area contributed by atoms with Crippen LogP contribution in [0.4, 0.5) is 0 Å². The maximum Gasteiger partial charge on any atom is 0.286 e. The summed E-state index contributed by atoms with van der Waals surface area (Å²) < 4.78 is 12.0. The predicted octanol–water partition coefficient (Wildman–Crippen LogP) is 4.82. The van der Waals surface area contributed by atoms with Gasteiger partial charge in [0, 0.05) is 23.4 Å². The van der Waals surface area contributed by atoms with Crippen molar-refractivity contribution in [2.75, 3.05) is 0 Å². The molecule has 5 nitrogen and oxygen atoms in total. The zero-order valence-corrected chi connectivity index (χ0v) is 18.2. The van der Waals surface area contributed by atoms with Gasteiger partial charge in [-0.25, -0.2) is 0 Å². The Balaban J connectivity index is 1.47. The molecular weight excluding hydrogens is 414 g/mol. The van der Waals surface area contributed by atoms with E-state index in [0.29, 0.717) is 23.8 Å². The lowest BCUT2D eigenvalue weighted by Crippen LogP contribution is -2.37. The number of carbonyl (C=O) groups excluding carboxylic acids is 1. The number of benzene rings is 2. The van der Waals surface area contributed by atoms with Gasteiger partial charge in [0.05, 0.1) is 13.2 Å². The van der Waals surface area contributed by atoms with E-state index >= 15 is 0 Å². The van der Waals surface area contributed by atoms with Crippen molar-refractivity contribution in [1.82, 2.24) is 5.32 Å². The monoisotopic (exact) mass is 441 g/mol. The number of carbonyl (C=O) groups is 1. The number of ether oxygens (including phenoxy) is 2. The smallest absolute Gasteiger partial charge is 0.286 e. The van der Waals surface area contributed by atoms with Crippen LogP contribution in [0.15, 0.2) is 60.4 Å². The minimum atomic E-state index is -0.535. The highest BCUT2D eigenvalue weighted by Gasteiger charge is 2.30. The Hall–Kier alpha value is -2.34. The van der Waals surface area contributed by atoms with Gasteiger partial charge in [0.2, 0.25) is 6.29 Å². The Kier molecular flexibility index (Phi) is 7.28. The van der Waals surface area contributed by atoms with Gasteiger partial charge in [-0.2, -0.15) is 0 Å². The van der Waals surface area contributed by atoms with Gasteiger partial charge in [-0.3, -0.25) is 4.79 Å². The minimum absolute atomic E-state index is 0.00268. The van der Waals surface area contributed by atoms with E-state index in [1.807, 2.05) is 54.6 Å². The molecule has 4 rings (SSSR count). The van der Waals surface area contributed by atoms with Gasteiger partial charge >= 0.3 is 0 Å². The van der Waals surface area contributed by atoms with Crippen LogP contribution < -0.4 is 5.32 Å². The first-order valence-electron chi connectivity index (χ1n) is 10.9. The summed E-state index contributed by atoms with van der Waals surface area (Å²) in [5.41, 5.74) is 2.91. The maximum absolute atomic E-state index is 12.9. The van der Waals surface area contributed by atoms with Gasteiger partial charge in [-0.05, 0) is 47.7 Å². The normalized spacial score (nSPS) is 21.4. The van der Waals surface area contributed by atoms with Crippen molar-refractivity contribution in [2.45, 2.75) is 63.6 Å². The van der Waals surface area contributed by atoms with E-state index < -0.39 is 6.29 Å². The molecule has 2 N–H and O–H groups in total. The van der Waals surface area contributed by atoms with E-state index in [0.717, 1.165) is 42.4 Å². The highest BCUT2D eigenvalue weighted by Crippen LogP contribution is 2.33. The lowest BCUT2D eigenvalue weighted by Gasteiger charge is -2.30. The van der Waals surface area contributed by atoms with Gasteiger partial charge < -0.3 is 19.9 Å². The van der Waals surface area contributed by atoms with Crippen molar-refractivity contribution in [1.29, 1.82) is 0 Å². The molecule has 0 spiro atoms. The third-order valence-electron chi connectivity index (χ3n) is 5.91. The van der Waals surface area contributed by atoms with Gasteiger partial charge in [-0.15, -0.1) is 0 Å². The summed E-state index contributed by atoms with van der Waals surface area (Å²) in [6, 6.07) is 15.5. The Labute approximate surface area is 188 Å². The molecule has 1 saturated carbocycles. The van der Waals surface area contributed by atoms with Crippen LogP contribution in [-0.4, -0.2) is 23.3 Å². The van der Waals surface area contributed by atoms with E-state index in [1.54, 1.807) is 0 Å². The van der Waals surface area contributed by atoms with E-state index in [1.165, 1.54) is 0 Å². The maximum atomic E-state index is 12.9. The third-order valence-corrected chi connectivity index (χ3v) is 6.16. The first-order chi connectivity index (χ1) is 15.1. The second-order valence-corrected chi connectivity index (χ2v) is 8.65. The van der Waals surface area contributed by atoms with Crippen molar-refractivity contribution in [3.05, 3.63) is 82.1 Å². The van der Waals surface area contributed by atoms with Crippen LogP contribution >= 0.6 is 11.6 Å². The molecular formula is C25H28ClNO4. The Morgan fingerprint density at radius 1 is 1.06 bits per heavy atom. The number of allylic oxidation sites excluding steroid dienone is 1. The third kappa shape index (κ3) is 5.88. The molecule has 2 aromatic rings. The quantitative estimate of drug-likeness (QED) is 0.646. The number of rotatable bonds is 7. The van der Waals surface area contributed by atoms with Crippen molar-refractivity contribution < 1.29 is 19.4 Å². The van der Waals surface area contributed by atoms with Crippen LogP contribution in [0.5, 0.6) is 0 Å². The number of amides is 1. The predicted molar refractivity (Wildman–Crippen MR) is 119 cm³/mol. The van der Waals surface area contributed by atoms with Crippen LogP contribution in [0.1, 0.15) is 54.7 Å². The molecule has 2 atom stereocenters. The molecule has 0 unspecified atom stereocenters. The van der Waals surface area contributed by atoms with Crippen LogP contribution in [0.3, 0.4) is 0 Å². The molecule has 1 fully saturated rings. The summed E-state index contributed by atoms with van der Waals surface area (Å²) in [4.78, 5) is 12.9. The molecule has 2 aromatic carbocycles. The highest BCUT2D eigenvalue weighted by molar-refractivity contribution is 6.30. The zero-order chi connectivity index (χ0) is 21.6. The lowest BCUT2D eigenvalue weighted by molar-refractivity contribution is -0.150. The zero-order valence-electron chi connectivity index (χ0n) is 17.4. The molecule has 164 valence electrons. The van der Waals surface area contributed by atoms with Gasteiger partial charge in [-0.1, -0.05) is 60.8 Å². The van der Waals surface area contributed by atoms with Gasteiger partial charge in [0.25, 0.3) is 5.91 Å². The first-order valence-corrected chi connectivity index (χ1v) is 11.2. The topological polar surface area (TPSA) is 67.8 Å². The Bertz CT molecular complexity index is 904.